The van der Waals surface area contributed by atoms with E-state index in [4.69, 9.17) is 28.3 Å². The summed E-state index contributed by atoms with van der Waals surface area (Å²) in [6.07, 6.45) is 0. The molecule has 0 heterocycles. The number of benzene rings is 1. The molecule has 16 heavy (non-hydrogen) atoms. The average molecular weight is 264 g/mol. The number of hydroxylamine groups is 1. The molecule has 0 saturated carbocycles. The summed E-state index contributed by atoms with van der Waals surface area (Å²) < 4.78 is 0. The quantitative estimate of drug-likeness (QED) is 0.812. The van der Waals surface area contributed by atoms with Crippen LogP contribution in [-0.2, 0) is 9.63 Å². The number of hydrogen-bond acceptors (Lipinski definition) is 3. The molecular formula is C9H7Cl2NO4. The summed E-state index contributed by atoms with van der Waals surface area (Å²) in [5.41, 5.74) is 2.13. The van der Waals surface area contributed by atoms with Gasteiger partial charge in [0.05, 0.1) is 0 Å². The van der Waals surface area contributed by atoms with E-state index in [2.05, 4.69) is 4.84 Å². The third-order valence-electron chi connectivity index (χ3n) is 1.49. The zero-order valence-electron chi connectivity index (χ0n) is 7.87. The van der Waals surface area contributed by atoms with Crippen LogP contribution in [0.15, 0.2) is 18.2 Å². The van der Waals surface area contributed by atoms with Crippen LogP contribution in [0.3, 0.4) is 0 Å². The van der Waals surface area contributed by atoms with Crippen molar-refractivity contribution in [1.29, 1.82) is 0 Å². The summed E-state index contributed by atoms with van der Waals surface area (Å²) >= 11 is 11.4. The number of carboxylic acid groups (broad SMARTS) is 1. The highest BCUT2D eigenvalue weighted by atomic mass is 35.5. The van der Waals surface area contributed by atoms with Crippen LogP contribution in [0.5, 0.6) is 0 Å². The van der Waals surface area contributed by atoms with Gasteiger partial charge in [0.15, 0.2) is 6.61 Å². The van der Waals surface area contributed by atoms with Crippen LogP contribution in [0.2, 0.25) is 10.0 Å². The van der Waals surface area contributed by atoms with E-state index in [1.807, 2.05) is 5.48 Å². The summed E-state index contributed by atoms with van der Waals surface area (Å²) in [7, 11) is 0. The standard InChI is InChI=1S/C9H7Cl2NO4/c10-6-1-5(2-7(11)3-6)9(15)12-16-4-8(13)14/h1-3H,4H2,(H,12,15)(H,13,14). The van der Waals surface area contributed by atoms with Gasteiger partial charge in [-0.15, -0.1) is 0 Å². The maximum Gasteiger partial charge on any atom is 0.332 e. The molecule has 0 radical (unpaired) electrons. The first-order valence-electron chi connectivity index (χ1n) is 4.09. The number of nitrogens with one attached hydrogen (secondary N) is 1. The summed E-state index contributed by atoms with van der Waals surface area (Å²) in [5, 5.41) is 8.87. The Morgan fingerprint density at radius 3 is 2.31 bits per heavy atom. The molecule has 0 atom stereocenters. The minimum atomic E-state index is -1.19. The zero-order chi connectivity index (χ0) is 12.1. The molecule has 0 fully saturated rings. The Bertz CT molecular complexity index is 402. The Morgan fingerprint density at radius 1 is 1.25 bits per heavy atom. The predicted molar refractivity (Wildman–Crippen MR) is 57.5 cm³/mol. The maximum absolute atomic E-state index is 11.4. The van der Waals surface area contributed by atoms with Crippen LogP contribution in [0, 0.1) is 0 Å². The molecule has 0 aromatic heterocycles. The molecule has 7 heteroatoms. The van der Waals surface area contributed by atoms with Gasteiger partial charge >= 0.3 is 5.97 Å². The van der Waals surface area contributed by atoms with Crippen LogP contribution >= 0.6 is 23.2 Å². The first-order valence-corrected chi connectivity index (χ1v) is 4.84. The number of aliphatic carboxylic acids is 1. The van der Waals surface area contributed by atoms with Gasteiger partial charge in [0.1, 0.15) is 0 Å². The number of rotatable bonds is 4. The second kappa shape index (κ2) is 5.69. The van der Waals surface area contributed by atoms with E-state index >= 15 is 0 Å². The fourth-order valence-corrected chi connectivity index (χ4v) is 1.43. The Balaban J connectivity index is 2.62. The van der Waals surface area contributed by atoms with Crippen molar-refractivity contribution >= 4 is 35.1 Å². The van der Waals surface area contributed by atoms with Gasteiger partial charge in [-0.3, -0.25) is 9.63 Å². The van der Waals surface area contributed by atoms with Crippen molar-refractivity contribution in [3.05, 3.63) is 33.8 Å². The van der Waals surface area contributed by atoms with Gasteiger partial charge in [0.25, 0.3) is 5.91 Å². The molecule has 0 aliphatic rings. The van der Waals surface area contributed by atoms with Crippen LogP contribution < -0.4 is 5.48 Å². The molecule has 1 amide bonds. The van der Waals surface area contributed by atoms with E-state index in [0.717, 1.165) is 0 Å². The van der Waals surface area contributed by atoms with Crippen molar-refractivity contribution in [3.8, 4) is 0 Å². The average Bonchev–Trinajstić information content (AvgIpc) is 2.15. The number of carbonyl (C=O) groups excluding carboxylic acids is 1. The molecule has 0 unspecified atom stereocenters. The predicted octanol–water partition coefficient (Wildman–Crippen LogP) is 1.74. The Hall–Kier alpha value is -1.30. The lowest BCUT2D eigenvalue weighted by atomic mass is 10.2. The number of amides is 1. The highest BCUT2D eigenvalue weighted by molar-refractivity contribution is 6.35. The fourth-order valence-electron chi connectivity index (χ4n) is 0.907. The number of hydrogen-bond donors (Lipinski definition) is 2. The Labute approximate surface area is 101 Å². The Morgan fingerprint density at radius 2 is 1.81 bits per heavy atom. The highest BCUT2D eigenvalue weighted by Gasteiger charge is 2.08. The fraction of sp³-hybridized carbons (Fsp3) is 0.111. The topological polar surface area (TPSA) is 75.6 Å². The second-order valence-corrected chi connectivity index (χ2v) is 3.64. The van der Waals surface area contributed by atoms with Gasteiger partial charge in [0.2, 0.25) is 0 Å². The molecular weight excluding hydrogens is 257 g/mol. The van der Waals surface area contributed by atoms with Crippen LogP contribution in [0.4, 0.5) is 0 Å². The summed E-state index contributed by atoms with van der Waals surface area (Å²) in [4.78, 5) is 25.9. The van der Waals surface area contributed by atoms with Gasteiger partial charge in [-0.1, -0.05) is 23.2 Å². The SMILES string of the molecule is O=C(O)CONC(=O)c1cc(Cl)cc(Cl)c1. The van der Waals surface area contributed by atoms with Crippen LogP contribution in [0.25, 0.3) is 0 Å². The van der Waals surface area contributed by atoms with Crippen LogP contribution in [0.1, 0.15) is 10.4 Å². The minimum Gasteiger partial charge on any atom is -0.479 e. The van der Waals surface area contributed by atoms with Gasteiger partial charge in [0, 0.05) is 15.6 Å². The lowest BCUT2D eigenvalue weighted by molar-refractivity contribution is -0.144. The molecule has 0 bridgehead atoms. The van der Waals surface area contributed by atoms with Crippen molar-refractivity contribution < 1.29 is 19.5 Å². The highest BCUT2D eigenvalue weighted by Crippen LogP contribution is 2.18. The van der Waals surface area contributed by atoms with Crippen LogP contribution in [-0.4, -0.2) is 23.6 Å². The zero-order valence-corrected chi connectivity index (χ0v) is 9.38. The first-order chi connectivity index (χ1) is 7.49. The van der Waals surface area contributed by atoms with E-state index in [1.54, 1.807) is 0 Å². The molecule has 1 rings (SSSR count). The molecule has 0 spiro atoms. The van der Waals surface area contributed by atoms with Gasteiger partial charge in [-0.2, -0.15) is 0 Å². The Kier molecular flexibility index (Phi) is 4.54. The number of carboxylic acids is 1. The van der Waals surface area contributed by atoms with E-state index in [-0.39, 0.29) is 5.56 Å². The smallest absolute Gasteiger partial charge is 0.332 e. The monoisotopic (exact) mass is 263 g/mol. The molecule has 0 aliphatic carbocycles. The molecule has 0 aliphatic heterocycles. The van der Waals surface area contributed by atoms with Gasteiger partial charge < -0.3 is 5.11 Å². The van der Waals surface area contributed by atoms with Crippen molar-refractivity contribution in [3.63, 3.8) is 0 Å². The molecule has 1 aromatic rings. The second-order valence-electron chi connectivity index (χ2n) is 2.77. The summed E-state index contributed by atoms with van der Waals surface area (Å²) in [5.74, 6) is -1.81. The first kappa shape index (κ1) is 12.8. The number of carbonyl (C=O) groups is 2. The normalized spacial score (nSPS) is 9.88. The number of halogens is 2. The van der Waals surface area contributed by atoms with E-state index < -0.39 is 18.5 Å². The maximum atomic E-state index is 11.4. The van der Waals surface area contributed by atoms with E-state index in [0.29, 0.717) is 10.0 Å². The molecule has 5 nitrogen and oxygen atoms in total. The summed E-state index contributed by atoms with van der Waals surface area (Å²) in [6, 6.07) is 4.23. The van der Waals surface area contributed by atoms with Crippen molar-refractivity contribution in [2.45, 2.75) is 0 Å². The van der Waals surface area contributed by atoms with E-state index in [1.165, 1.54) is 18.2 Å². The third kappa shape index (κ3) is 4.06. The van der Waals surface area contributed by atoms with Crippen molar-refractivity contribution in [2.24, 2.45) is 0 Å². The molecule has 2 N–H and O–H groups in total. The largest absolute Gasteiger partial charge is 0.479 e. The lowest BCUT2D eigenvalue weighted by Crippen LogP contribution is -2.26. The minimum absolute atomic E-state index is 0.183. The molecule has 0 saturated heterocycles. The molecule has 1 aromatic carbocycles. The summed E-state index contributed by atoms with van der Waals surface area (Å²) in [6.45, 7) is -0.625. The van der Waals surface area contributed by atoms with Gasteiger partial charge in [-0.05, 0) is 18.2 Å². The lowest BCUT2D eigenvalue weighted by Gasteiger charge is -2.04. The molecule has 86 valence electrons. The van der Waals surface area contributed by atoms with Crippen molar-refractivity contribution in [2.75, 3.05) is 6.61 Å². The van der Waals surface area contributed by atoms with Gasteiger partial charge in [-0.25, -0.2) is 10.3 Å². The van der Waals surface area contributed by atoms with E-state index in [9.17, 15) is 9.59 Å². The third-order valence-corrected chi connectivity index (χ3v) is 1.92. The van der Waals surface area contributed by atoms with Crippen molar-refractivity contribution in [1.82, 2.24) is 5.48 Å².